The van der Waals surface area contributed by atoms with Crippen LogP contribution in [0.5, 0.6) is 0 Å². The molecule has 1 saturated carbocycles. The molecule has 1 aliphatic heterocycles. The van der Waals surface area contributed by atoms with Crippen molar-refractivity contribution in [2.45, 2.75) is 44.6 Å². The van der Waals surface area contributed by atoms with E-state index in [9.17, 15) is 19.5 Å². The van der Waals surface area contributed by atoms with Gasteiger partial charge in [0.05, 0.1) is 0 Å². The Labute approximate surface area is 105 Å². The first-order valence-corrected chi connectivity index (χ1v) is 6.31. The van der Waals surface area contributed by atoms with E-state index < -0.39 is 23.3 Å². The minimum Gasteiger partial charge on any atom is -0.479 e. The minimum atomic E-state index is -1.33. The number of imide groups is 1. The molecule has 2 amide bonds. The molecule has 1 fully saturated rings. The maximum Gasteiger partial charge on any atom is 0.330 e. The summed E-state index contributed by atoms with van der Waals surface area (Å²) in [6.45, 7) is 2.08. The van der Waals surface area contributed by atoms with Crippen LogP contribution < -0.4 is 0 Å². The average molecular weight is 251 g/mol. The molecule has 0 atom stereocenters. The van der Waals surface area contributed by atoms with Gasteiger partial charge in [0.15, 0.2) is 0 Å². The van der Waals surface area contributed by atoms with Gasteiger partial charge in [0.1, 0.15) is 5.54 Å². The molecule has 2 aliphatic rings. The molecule has 98 valence electrons. The third-order valence-electron chi connectivity index (χ3n) is 4.15. The van der Waals surface area contributed by atoms with E-state index in [1.165, 1.54) is 0 Å². The number of carbonyl (C=O) groups excluding carboxylic acids is 2. The Hall–Kier alpha value is -1.65. The monoisotopic (exact) mass is 251 g/mol. The fourth-order valence-electron chi connectivity index (χ4n) is 2.92. The highest BCUT2D eigenvalue weighted by molar-refractivity contribution is 6.15. The summed E-state index contributed by atoms with van der Waals surface area (Å²) in [5.41, 5.74) is -1.33. The first kappa shape index (κ1) is 12.8. The molecule has 1 N–H and O–H groups in total. The lowest BCUT2D eigenvalue weighted by atomic mass is 9.74. The Morgan fingerprint density at radius 3 is 2.22 bits per heavy atom. The molecule has 0 radical (unpaired) electrons. The van der Waals surface area contributed by atoms with Gasteiger partial charge < -0.3 is 5.11 Å². The standard InChI is InChI=1S/C13H17NO4/c1-2-9-5-7-13(8-6-9,12(17)18)14-10(15)3-4-11(14)16/h3-4,9H,2,5-8H2,1H3,(H,17,18). The van der Waals surface area contributed by atoms with E-state index in [-0.39, 0.29) is 0 Å². The summed E-state index contributed by atoms with van der Waals surface area (Å²) in [4.78, 5) is 35.9. The highest BCUT2D eigenvalue weighted by Gasteiger charge is 2.51. The van der Waals surface area contributed by atoms with Crippen LogP contribution in [0.25, 0.3) is 0 Å². The van der Waals surface area contributed by atoms with Gasteiger partial charge in [0, 0.05) is 12.2 Å². The van der Waals surface area contributed by atoms with Crippen LogP contribution in [-0.4, -0.2) is 33.3 Å². The summed E-state index contributed by atoms with van der Waals surface area (Å²) < 4.78 is 0. The number of aliphatic carboxylic acids is 1. The molecule has 0 saturated heterocycles. The number of hydrogen-bond donors (Lipinski definition) is 1. The topological polar surface area (TPSA) is 74.7 Å². The van der Waals surface area contributed by atoms with Gasteiger partial charge in [-0.1, -0.05) is 13.3 Å². The van der Waals surface area contributed by atoms with Gasteiger partial charge in [-0.15, -0.1) is 0 Å². The fourth-order valence-corrected chi connectivity index (χ4v) is 2.92. The molecule has 0 aromatic heterocycles. The number of rotatable bonds is 3. The van der Waals surface area contributed by atoms with Gasteiger partial charge in [-0.3, -0.25) is 14.5 Å². The molecule has 0 spiro atoms. The second-order valence-corrected chi connectivity index (χ2v) is 5.03. The molecule has 1 aliphatic carbocycles. The first-order chi connectivity index (χ1) is 8.51. The predicted octanol–water partition coefficient (Wildman–Crippen LogP) is 1.33. The lowest BCUT2D eigenvalue weighted by Gasteiger charge is -2.41. The Balaban J connectivity index is 2.27. The summed E-state index contributed by atoms with van der Waals surface area (Å²) in [5, 5.41) is 9.47. The molecule has 0 aromatic rings. The zero-order chi connectivity index (χ0) is 13.3. The molecule has 0 bridgehead atoms. The van der Waals surface area contributed by atoms with Crippen molar-refractivity contribution in [1.29, 1.82) is 0 Å². The van der Waals surface area contributed by atoms with Gasteiger partial charge in [0.25, 0.3) is 11.8 Å². The van der Waals surface area contributed by atoms with Crippen molar-refractivity contribution in [2.75, 3.05) is 0 Å². The molecule has 1 heterocycles. The largest absolute Gasteiger partial charge is 0.479 e. The lowest BCUT2D eigenvalue weighted by molar-refractivity contribution is -0.165. The van der Waals surface area contributed by atoms with Crippen molar-refractivity contribution in [3.63, 3.8) is 0 Å². The summed E-state index contributed by atoms with van der Waals surface area (Å²) in [5.74, 6) is -1.57. The Morgan fingerprint density at radius 2 is 1.83 bits per heavy atom. The number of carbonyl (C=O) groups is 3. The van der Waals surface area contributed by atoms with Crippen molar-refractivity contribution < 1.29 is 19.5 Å². The molecule has 5 nitrogen and oxygen atoms in total. The average Bonchev–Trinajstić information content (AvgIpc) is 2.69. The van der Waals surface area contributed by atoms with Gasteiger partial charge in [0.2, 0.25) is 0 Å². The van der Waals surface area contributed by atoms with Crippen LogP contribution in [0.2, 0.25) is 0 Å². The van der Waals surface area contributed by atoms with Crippen molar-refractivity contribution in [2.24, 2.45) is 5.92 Å². The zero-order valence-corrected chi connectivity index (χ0v) is 10.4. The third kappa shape index (κ3) is 1.83. The summed E-state index contributed by atoms with van der Waals surface area (Å²) in [7, 11) is 0. The Kier molecular flexibility index (Phi) is 3.24. The first-order valence-electron chi connectivity index (χ1n) is 6.31. The van der Waals surface area contributed by atoms with Gasteiger partial charge in [-0.2, -0.15) is 0 Å². The maximum absolute atomic E-state index is 11.7. The molecule has 5 heteroatoms. The smallest absolute Gasteiger partial charge is 0.330 e. The van der Waals surface area contributed by atoms with E-state index in [0.29, 0.717) is 18.8 Å². The van der Waals surface area contributed by atoms with Crippen molar-refractivity contribution >= 4 is 17.8 Å². The molecular formula is C13H17NO4. The van der Waals surface area contributed by atoms with E-state index in [4.69, 9.17) is 0 Å². The molecule has 0 aromatic carbocycles. The van der Waals surface area contributed by atoms with Gasteiger partial charge >= 0.3 is 5.97 Å². The van der Waals surface area contributed by atoms with Crippen molar-refractivity contribution in [1.82, 2.24) is 4.90 Å². The summed E-state index contributed by atoms with van der Waals surface area (Å²) in [6, 6.07) is 0. The maximum atomic E-state index is 11.7. The van der Waals surface area contributed by atoms with Crippen LogP contribution in [-0.2, 0) is 14.4 Å². The van der Waals surface area contributed by atoms with Crippen LogP contribution in [0.15, 0.2) is 12.2 Å². The van der Waals surface area contributed by atoms with Crippen molar-refractivity contribution in [3.05, 3.63) is 12.2 Å². The predicted molar refractivity (Wildman–Crippen MR) is 63.6 cm³/mol. The quantitative estimate of drug-likeness (QED) is 0.768. The fraction of sp³-hybridized carbons (Fsp3) is 0.615. The number of nitrogens with zero attached hydrogens (tertiary/aromatic N) is 1. The van der Waals surface area contributed by atoms with E-state index in [0.717, 1.165) is 36.3 Å². The van der Waals surface area contributed by atoms with E-state index >= 15 is 0 Å². The van der Waals surface area contributed by atoms with E-state index in [2.05, 4.69) is 6.92 Å². The highest BCUT2D eigenvalue weighted by atomic mass is 16.4. The number of hydrogen-bond acceptors (Lipinski definition) is 3. The molecule has 18 heavy (non-hydrogen) atoms. The second-order valence-electron chi connectivity index (χ2n) is 5.03. The number of carboxylic acid groups (broad SMARTS) is 1. The number of amides is 2. The normalized spacial score (nSPS) is 32.1. The minimum absolute atomic E-state index is 0.361. The molecular weight excluding hydrogens is 234 g/mol. The Morgan fingerprint density at radius 1 is 1.33 bits per heavy atom. The second kappa shape index (κ2) is 4.55. The van der Waals surface area contributed by atoms with E-state index in [1.807, 2.05) is 0 Å². The Bertz CT molecular complexity index is 401. The van der Waals surface area contributed by atoms with Gasteiger partial charge in [-0.25, -0.2) is 4.79 Å². The van der Waals surface area contributed by atoms with Crippen LogP contribution in [0.1, 0.15) is 39.0 Å². The summed E-state index contributed by atoms with van der Waals surface area (Å²) >= 11 is 0. The summed E-state index contributed by atoms with van der Waals surface area (Å²) in [6.07, 6.45) is 5.54. The highest BCUT2D eigenvalue weighted by Crippen LogP contribution is 2.39. The molecule has 0 unspecified atom stereocenters. The van der Waals surface area contributed by atoms with Crippen LogP contribution in [0.4, 0.5) is 0 Å². The third-order valence-corrected chi connectivity index (χ3v) is 4.15. The van der Waals surface area contributed by atoms with E-state index in [1.54, 1.807) is 0 Å². The van der Waals surface area contributed by atoms with Crippen LogP contribution in [0, 0.1) is 5.92 Å². The van der Waals surface area contributed by atoms with Crippen LogP contribution in [0.3, 0.4) is 0 Å². The zero-order valence-electron chi connectivity index (χ0n) is 10.4. The van der Waals surface area contributed by atoms with Gasteiger partial charge in [-0.05, 0) is 31.6 Å². The molecule has 2 rings (SSSR count). The SMILES string of the molecule is CCC1CCC(C(=O)O)(N2C(=O)C=CC2=O)CC1. The van der Waals surface area contributed by atoms with Crippen molar-refractivity contribution in [3.8, 4) is 0 Å². The number of carboxylic acids is 1. The lowest BCUT2D eigenvalue weighted by Crippen LogP contribution is -2.58. The van der Waals surface area contributed by atoms with Crippen LogP contribution >= 0.6 is 0 Å².